The number of amides is 2. The predicted octanol–water partition coefficient (Wildman–Crippen LogP) is 1.55. The number of halogens is 1. The van der Waals surface area contributed by atoms with E-state index in [0.29, 0.717) is 31.2 Å². The Morgan fingerprint density at radius 2 is 1.82 bits per heavy atom. The van der Waals surface area contributed by atoms with E-state index < -0.39 is 11.9 Å². The van der Waals surface area contributed by atoms with Gasteiger partial charge in [0.1, 0.15) is 6.54 Å². The molecule has 1 fully saturated rings. The largest absolute Gasteiger partial charge is 0.459 e. The number of para-hydroxylation sites is 1. The molecular weight excluding hydrogens is 386 g/mol. The highest BCUT2D eigenvalue weighted by Gasteiger charge is 2.23. The Balaban J connectivity index is 1.38. The van der Waals surface area contributed by atoms with E-state index in [9.17, 15) is 14.4 Å². The molecule has 3 rings (SSSR count). The van der Waals surface area contributed by atoms with Gasteiger partial charge in [-0.15, -0.1) is 0 Å². The monoisotopic (exact) mass is 405 g/mol. The smallest absolute Gasteiger partial charge is 0.325 e. The SMILES string of the molecule is O=C(CNC(=O)c1ccco1)OCC(=O)N1CCN(c2ccccc2Cl)CC1. The quantitative estimate of drug-likeness (QED) is 0.733. The van der Waals surface area contributed by atoms with Crippen LogP contribution in [0.25, 0.3) is 0 Å². The van der Waals surface area contributed by atoms with Crippen LogP contribution in [0.15, 0.2) is 47.1 Å². The van der Waals surface area contributed by atoms with Gasteiger partial charge < -0.3 is 24.3 Å². The van der Waals surface area contributed by atoms with Crippen molar-refractivity contribution in [2.24, 2.45) is 0 Å². The second kappa shape index (κ2) is 9.27. The van der Waals surface area contributed by atoms with Gasteiger partial charge >= 0.3 is 5.97 Å². The molecule has 1 saturated heterocycles. The van der Waals surface area contributed by atoms with E-state index in [4.69, 9.17) is 20.8 Å². The fourth-order valence-electron chi connectivity index (χ4n) is 2.84. The molecule has 28 heavy (non-hydrogen) atoms. The number of rotatable bonds is 6. The first kappa shape index (κ1) is 19.8. The standard InChI is InChI=1S/C19H20ClN3O5/c20-14-4-1-2-5-15(14)22-7-9-23(10-8-22)17(24)13-28-18(25)12-21-19(26)16-6-3-11-27-16/h1-6,11H,7-10,12-13H2,(H,21,26). The maximum Gasteiger partial charge on any atom is 0.325 e. The highest BCUT2D eigenvalue weighted by atomic mass is 35.5. The third-order valence-electron chi connectivity index (χ3n) is 4.32. The van der Waals surface area contributed by atoms with E-state index in [-0.39, 0.29) is 24.8 Å². The number of piperazine rings is 1. The van der Waals surface area contributed by atoms with Gasteiger partial charge in [0, 0.05) is 26.2 Å². The van der Waals surface area contributed by atoms with Gasteiger partial charge in [0.2, 0.25) is 0 Å². The number of furan rings is 1. The van der Waals surface area contributed by atoms with Gasteiger partial charge in [0.15, 0.2) is 12.4 Å². The van der Waals surface area contributed by atoms with Gasteiger partial charge in [-0.2, -0.15) is 0 Å². The van der Waals surface area contributed by atoms with Crippen LogP contribution in [0.1, 0.15) is 10.6 Å². The van der Waals surface area contributed by atoms with Crippen LogP contribution in [0.4, 0.5) is 5.69 Å². The molecule has 1 aliphatic rings. The van der Waals surface area contributed by atoms with E-state index in [0.717, 1.165) is 5.69 Å². The van der Waals surface area contributed by atoms with Crippen molar-refractivity contribution in [2.75, 3.05) is 44.2 Å². The van der Waals surface area contributed by atoms with Gasteiger partial charge in [-0.3, -0.25) is 14.4 Å². The van der Waals surface area contributed by atoms with Gasteiger partial charge in [0.25, 0.3) is 11.8 Å². The number of esters is 1. The molecule has 8 nitrogen and oxygen atoms in total. The van der Waals surface area contributed by atoms with Crippen molar-refractivity contribution < 1.29 is 23.5 Å². The highest BCUT2D eigenvalue weighted by Crippen LogP contribution is 2.25. The summed E-state index contributed by atoms with van der Waals surface area (Å²) in [6, 6.07) is 10.6. The fourth-order valence-corrected chi connectivity index (χ4v) is 3.09. The lowest BCUT2D eigenvalue weighted by atomic mass is 10.2. The lowest BCUT2D eigenvalue weighted by Gasteiger charge is -2.36. The highest BCUT2D eigenvalue weighted by molar-refractivity contribution is 6.33. The minimum atomic E-state index is -0.692. The Labute approximate surface area is 167 Å². The summed E-state index contributed by atoms with van der Waals surface area (Å²) in [6.07, 6.45) is 1.36. The number of anilines is 1. The van der Waals surface area contributed by atoms with Crippen LogP contribution in [0.3, 0.4) is 0 Å². The summed E-state index contributed by atoms with van der Waals surface area (Å²) in [6.45, 7) is 1.60. The van der Waals surface area contributed by atoms with Gasteiger partial charge in [-0.1, -0.05) is 23.7 Å². The number of carbonyl (C=O) groups excluding carboxylic acids is 3. The van der Waals surface area contributed by atoms with Crippen molar-refractivity contribution in [3.8, 4) is 0 Å². The van der Waals surface area contributed by atoms with Gasteiger partial charge in [-0.05, 0) is 24.3 Å². The average molecular weight is 406 g/mol. The summed E-state index contributed by atoms with van der Waals surface area (Å²) < 4.78 is 9.86. The summed E-state index contributed by atoms with van der Waals surface area (Å²) in [4.78, 5) is 39.4. The topological polar surface area (TPSA) is 92.1 Å². The molecule has 0 unspecified atom stereocenters. The molecule has 0 bridgehead atoms. The Bertz CT molecular complexity index is 832. The van der Waals surface area contributed by atoms with Crippen LogP contribution in [0.2, 0.25) is 5.02 Å². The summed E-state index contributed by atoms with van der Waals surface area (Å²) in [5, 5.41) is 3.04. The number of nitrogens with zero attached hydrogens (tertiary/aromatic N) is 2. The Hall–Kier alpha value is -3.00. The van der Waals surface area contributed by atoms with Crippen LogP contribution in [0, 0.1) is 0 Å². The van der Waals surface area contributed by atoms with Crippen molar-refractivity contribution in [3.05, 3.63) is 53.4 Å². The van der Waals surface area contributed by atoms with E-state index in [1.165, 1.54) is 12.3 Å². The molecule has 1 aromatic heterocycles. The molecule has 0 spiro atoms. The van der Waals surface area contributed by atoms with E-state index in [1.807, 2.05) is 24.3 Å². The van der Waals surface area contributed by atoms with E-state index >= 15 is 0 Å². The zero-order chi connectivity index (χ0) is 19.9. The Morgan fingerprint density at radius 3 is 2.50 bits per heavy atom. The van der Waals surface area contributed by atoms with Crippen molar-refractivity contribution in [2.45, 2.75) is 0 Å². The van der Waals surface area contributed by atoms with Crippen molar-refractivity contribution in [1.29, 1.82) is 0 Å². The van der Waals surface area contributed by atoms with Crippen LogP contribution in [0.5, 0.6) is 0 Å². The summed E-state index contributed by atoms with van der Waals surface area (Å²) in [5.74, 6) is -1.39. The molecule has 2 amide bonds. The Morgan fingerprint density at radius 1 is 1.07 bits per heavy atom. The third kappa shape index (κ3) is 5.04. The van der Waals surface area contributed by atoms with Crippen LogP contribution >= 0.6 is 11.6 Å². The molecule has 1 aromatic carbocycles. The summed E-state index contributed by atoms with van der Waals surface area (Å²) in [5.41, 5.74) is 0.940. The van der Waals surface area contributed by atoms with Crippen molar-refractivity contribution in [3.63, 3.8) is 0 Å². The van der Waals surface area contributed by atoms with Gasteiger partial charge in [-0.25, -0.2) is 0 Å². The molecule has 0 saturated carbocycles. The van der Waals surface area contributed by atoms with Crippen LogP contribution in [-0.2, 0) is 14.3 Å². The lowest BCUT2D eigenvalue weighted by molar-refractivity contribution is -0.151. The fraction of sp³-hybridized carbons (Fsp3) is 0.316. The molecule has 9 heteroatoms. The van der Waals surface area contributed by atoms with Crippen LogP contribution < -0.4 is 10.2 Å². The second-order valence-corrected chi connectivity index (χ2v) is 6.55. The van der Waals surface area contributed by atoms with Crippen LogP contribution in [-0.4, -0.2) is 62.0 Å². The number of ether oxygens (including phenoxy) is 1. The minimum Gasteiger partial charge on any atom is -0.459 e. The van der Waals surface area contributed by atoms with Crippen molar-refractivity contribution in [1.82, 2.24) is 10.2 Å². The number of hydrogen-bond acceptors (Lipinski definition) is 6. The first-order valence-electron chi connectivity index (χ1n) is 8.79. The molecule has 0 atom stereocenters. The maximum absolute atomic E-state index is 12.2. The zero-order valence-electron chi connectivity index (χ0n) is 15.1. The van der Waals surface area contributed by atoms with E-state index in [1.54, 1.807) is 11.0 Å². The minimum absolute atomic E-state index is 0.0975. The summed E-state index contributed by atoms with van der Waals surface area (Å²) >= 11 is 6.21. The molecule has 1 aliphatic heterocycles. The Kier molecular flexibility index (Phi) is 6.54. The molecule has 2 aromatic rings. The van der Waals surface area contributed by atoms with Crippen molar-refractivity contribution >= 4 is 35.1 Å². The number of nitrogens with one attached hydrogen (secondary N) is 1. The normalized spacial score (nSPS) is 13.9. The first-order valence-corrected chi connectivity index (χ1v) is 9.17. The molecule has 1 N–H and O–H groups in total. The number of carbonyl (C=O) groups is 3. The predicted molar refractivity (Wildman–Crippen MR) is 102 cm³/mol. The average Bonchev–Trinajstić information content (AvgIpc) is 3.26. The van der Waals surface area contributed by atoms with E-state index in [2.05, 4.69) is 10.2 Å². The number of benzene rings is 1. The second-order valence-electron chi connectivity index (χ2n) is 6.14. The molecule has 148 valence electrons. The summed E-state index contributed by atoms with van der Waals surface area (Å²) in [7, 11) is 0. The third-order valence-corrected chi connectivity index (χ3v) is 4.64. The molecule has 2 heterocycles. The zero-order valence-corrected chi connectivity index (χ0v) is 15.9. The van der Waals surface area contributed by atoms with Gasteiger partial charge in [0.05, 0.1) is 17.0 Å². The first-order chi connectivity index (χ1) is 13.5. The molecular formula is C19H20ClN3O5. The number of hydrogen-bond donors (Lipinski definition) is 1. The molecule has 0 radical (unpaired) electrons. The molecule has 0 aliphatic carbocycles. The lowest BCUT2D eigenvalue weighted by Crippen LogP contribution is -2.50. The maximum atomic E-state index is 12.2.